The Bertz CT molecular complexity index is 108. The fraction of sp³-hybridized carbons (Fsp3) is 0.889. The van der Waals surface area contributed by atoms with E-state index in [-0.39, 0.29) is 0 Å². The molecule has 0 fully saturated rings. The number of ketones is 1. The van der Waals surface area contributed by atoms with Crippen molar-refractivity contribution >= 4 is 5.78 Å². The molecule has 0 aliphatic heterocycles. The largest absolute Gasteiger partial charge is 0.330 e. The van der Waals surface area contributed by atoms with E-state index in [4.69, 9.17) is 5.73 Å². The lowest BCUT2D eigenvalue weighted by Crippen LogP contribution is -2.14. The molecule has 2 heteroatoms. The predicted octanol–water partition coefficient (Wildman–Crippen LogP) is 1.73. The van der Waals surface area contributed by atoms with Gasteiger partial charge in [0, 0.05) is 12.8 Å². The van der Waals surface area contributed by atoms with Crippen molar-refractivity contribution in [2.45, 2.75) is 39.5 Å². The number of carbonyl (C=O) groups excluding carboxylic acids is 1. The topological polar surface area (TPSA) is 43.1 Å². The average Bonchev–Trinajstić information content (AvgIpc) is 2.06. The van der Waals surface area contributed by atoms with E-state index >= 15 is 0 Å². The van der Waals surface area contributed by atoms with Crippen LogP contribution in [0.4, 0.5) is 0 Å². The van der Waals surface area contributed by atoms with Gasteiger partial charge in [0.1, 0.15) is 5.78 Å². The third kappa shape index (κ3) is 4.96. The first-order chi connectivity index (χ1) is 5.24. The van der Waals surface area contributed by atoms with Gasteiger partial charge in [-0.1, -0.05) is 20.3 Å². The van der Waals surface area contributed by atoms with Gasteiger partial charge in [-0.15, -0.1) is 0 Å². The van der Waals surface area contributed by atoms with Gasteiger partial charge in [0.2, 0.25) is 0 Å². The number of rotatable bonds is 6. The summed E-state index contributed by atoms with van der Waals surface area (Å²) in [5.41, 5.74) is 5.50. The third-order valence-corrected chi connectivity index (χ3v) is 2.14. The number of nitrogens with two attached hydrogens (primary N) is 1. The molecule has 0 saturated carbocycles. The molecule has 2 N–H and O–H groups in total. The maximum Gasteiger partial charge on any atom is 0.132 e. The van der Waals surface area contributed by atoms with Gasteiger partial charge in [0.25, 0.3) is 0 Å². The molecule has 11 heavy (non-hydrogen) atoms. The molecule has 0 rings (SSSR count). The standard InChI is InChI=1S/C9H19NO/c1-3-8(7-10)5-6-9(11)4-2/h8H,3-7,10H2,1-2H3. The highest BCUT2D eigenvalue weighted by Crippen LogP contribution is 2.09. The normalized spacial score (nSPS) is 13.0. The van der Waals surface area contributed by atoms with Crippen molar-refractivity contribution < 1.29 is 4.79 Å². The van der Waals surface area contributed by atoms with Crippen molar-refractivity contribution in [3.8, 4) is 0 Å². The van der Waals surface area contributed by atoms with Gasteiger partial charge in [-0.05, 0) is 18.9 Å². The molecule has 1 unspecified atom stereocenters. The Labute approximate surface area is 69.2 Å². The summed E-state index contributed by atoms with van der Waals surface area (Å²) in [4.78, 5) is 10.9. The highest BCUT2D eigenvalue weighted by molar-refractivity contribution is 5.77. The Balaban J connectivity index is 3.42. The fourth-order valence-corrected chi connectivity index (χ4v) is 1.03. The molecule has 0 heterocycles. The average molecular weight is 157 g/mol. The molecule has 0 aromatic heterocycles. The van der Waals surface area contributed by atoms with Gasteiger partial charge in [0.05, 0.1) is 0 Å². The van der Waals surface area contributed by atoms with Crippen LogP contribution in [-0.4, -0.2) is 12.3 Å². The van der Waals surface area contributed by atoms with Crippen molar-refractivity contribution in [1.29, 1.82) is 0 Å². The zero-order chi connectivity index (χ0) is 8.69. The Morgan fingerprint density at radius 1 is 1.45 bits per heavy atom. The lowest BCUT2D eigenvalue weighted by molar-refractivity contribution is -0.119. The van der Waals surface area contributed by atoms with Crippen LogP contribution in [0.5, 0.6) is 0 Å². The summed E-state index contributed by atoms with van der Waals surface area (Å²) in [5, 5.41) is 0. The Morgan fingerprint density at radius 3 is 2.45 bits per heavy atom. The third-order valence-electron chi connectivity index (χ3n) is 2.14. The van der Waals surface area contributed by atoms with Gasteiger partial charge >= 0.3 is 0 Å². The van der Waals surface area contributed by atoms with Crippen molar-refractivity contribution in [1.82, 2.24) is 0 Å². The SMILES string of the molecule is CCC(=O)CCC(CC)CN. The lowest BCUT2D eigenvalue weighted by atomic mass is 9.98. The molecule has 66 valence electrons. The highest BCUT2D eigenvalue weighted by atomic mass is 16.1. The van der Waals surface area contributed by atoms with Crippen LogP contribution in [0.2, 0.25) is 0 Å². The van der Waals surface area contributed by atoms with Gasteiger partial charge in [0.15, 0.2) is 0 Å². The second-order valence-electron chi connectivity index (χ2n) is 2.94. The Kier molecular flexibility index (Phi) is 6.13. The molecule has 2 nitrogen and oxygen atoms in total. The molecule has 0 aliphatic carbocycles. The van der Waals surface area contributed by atoms with E-state index in [2.05, 4.69) is 6.92 Å². The van der Waals surface area contributed by atoms with Crippen LogP contribution in [0.3, 0.4) is 0 Å². The zero-order valence-corrected chi connectivity index (χ0v) is 7.60. The molecular weight excluding hydrogens is 138 g/mol. The number of hydrogen-bond acceptors (Lipinski definition) is 2. The van der Waals surface area contributed by atoms with Crippen LogP contribution in [0.1, 0.15) is 39.5 Å². The number of hydrogen-bond donors (Lipinski definition) is 1. The predicted molar refractivity (Wildman–Crippen MR) is 47.4 cm³/mol. The van der Waals surface area contributed by atoms with E-state index < -0.39 is 0 Å². The van der Waals surface area contributed by atoms with E-state index in [0.29, 0.717) is 31.1 Å². The van der Waals surface area contributed by atoms with E-state index in [1.54, 1.807) is 0 Å². The second kappa shape index (κ2) is 6.35. The minimum atomic E-state index is 0.358. The maximum absolute atomic E-state index is 10.9. The summed E-state index contributed by atoms with van der Waals surface area (Å²) in [7, 11) is 0. The number of Topliss-reactive ketones (excluding diaryl/α,β-unsaturated/α-hetero) is 1. The molecule has 0 aromatic carbocycles. The summed E-state index contributed by atoms with van der Waals surface area (Å²) in [6.07, 6.45) is 3.44. The first-order valence-electron chi connectivity index (χ1n) is 4.46. The van der Waals surface area contributed by atoms with Gasteiger partial charge in [-0.3, -0.25) is 4.79 Å². The molecule has 0 aliphatic rings. The summed E-state index contributed by atoms with van der Waals surface area (Å²) in [6.45, 7) is 4.74. The minimum absolute atomic E-state index is 0.358. The van der Waals surface area contributed by atoms with Crippen LogP contribution in [0.25, 0.3) is 0 Å². The fourth-order valence-electron chi connectivity index (χ4n) is 1.03. The van der Waals surface area contributed by atoms with Crippen molar-refractivity contribution in [2.24, 2.45) is 11.7 Å². The monoisotopic (exact) mass is 157 g/mol. The summed E-state index contributed by atoms with van der Waals surface area (Å²) < 4.78 is 0. The zero-order valence-electron chi connectivity index (χ0n) is 7.60. The van der Waals surface area contributed by atoms with Crippen LogP contribution in [-0.2, 0) is 4.79 Å². The first kappa shape index (κ1) is 10.6. The van der Waals surface area contributed by atoms with Gasteiger partial charge in [-0.25, -0.2) is 0 Å². The quantitative estimate of drug-likeness (QED) is 0.638. The summed E-state index contributed by atoms with van der Waals surface area (Å²) in [5.74, 6) is 0.905. The summed E-state index contributed by atoms with van der Waals surface area (Å²) >= 11 is 0. The molecular formula is C9H19NO. The van der Waals surface area contributed by atoms with Crippen molar-refractivity contribution in [3.63, 3.8) is 0 Å². The highest BCUT2D eigenvalue weighted by Gasteiger charge is 2.05. The Morgan fingerprint density at radius 2 is 2.09 bits per heavy atom. The van der Waals surface area contributed by atoms with Crippen LogP contribution in [0.15, 0.2) is 0 Å². The van der Waals surface area contributed by atoms with Crippen LogP contribution >= 0.6 is 0 Å². The molecule has 0 amide bonds. The second-order valence-corrected chi connectivity index (χ2v) is 2.94. The van der Waals surface area contributed by atoms with Gasteiger partial charge < -0.3 is 5.73 Å². The van der Waals surface area contributed by atoms with E-state index in [9.17, 15) is 4.79 Å². The van der Waals surface area contributed by atoms with E-state index in [1.807, 2.05) is 6.92 Å². The molecule has 1 atom stereocenters. The van der Waals surface area contributed by atoms with E-state index in [1.165, 1.54) is 0 Å². The van der Waals surface area contributed by atoms with E-state index in [0.717, 1.165) is 12.8 Å². The molecule has 0 radical (unpaired) electrons. The number of carbonyl (C=O) groups is 1. The molecule has 0 aromatic rings. The van der Waals surface area contributed by atoms with Crippen molar-refractivity contribution in [3.05, 3.63) is 0 Å². The molecule has 0 bridgehead atoms. The van der Waals surface area contributed by atoms with Gasteiger partial charge in [-0.2, -0.15) is 0 Å². The molecule has 0 spiro atoms. The summed E-state index contributed by atoms with van der Waals surface area (Å²) in [6, 6.07) is 0. The maximum atomic E-state index is 10.9. The molecule has 0 saturated heterocycles. The Hall–Kier alpha value is -0.370. The smallest absolute Gasteiger partial charge is 0.132 e. The first-order valence-corrected chi connectivity index (χ1v) is 4.46. The van der Waals surface area contributed by atoms with Crippen LogP contribution < -0.4 is 5.73 Å². The van der Waals surface area contributed by atoms with Crippen molar-refractivity contribution in [2.75, 3.05) is 6.54 Å². The van der Waals surface area contributed by atoms with Crippen LogP contribution in [0, 0.1) is 5.92 Å². The lowest BCUT2D eigenvalue weighted by Gasteiger charge is -2.09. The minimum Gasteiger partial charge on any atom is -0.330 e.